The van der Waals surface area contributed by atoms with Gasteiger partial charge in [-0.1, -0.05) is 13.8 Å². The van der Waals surface area contributed by atoms with Crippen molar-refractivity contribution >= 4 is 23.2 Å². The molecule has 2 aliphatic heterocycles. The van der Waals surface area contributed by atoms with Crippen LogP contribution in [0.25, 0.3) is 11.1 Å². The monoisotopic (exact) mass is 635 g/mol. The molecule has 5 rings (SSSR count). The third-order valence-corrected chi connectivity index (χ3v) is 8.26. The molecular formula is C30H34F5N7O3. The molecule has 15 heteroatoms. The van der Waals surface area contributed by atoms with Crippen LogP contribution in [0.5, 0.6) is 0 Å². The van der Waals surface area contributed by atoms with E-state index in [-0.39, 0.29) is 35.4 Å². The van der Waals surface area contributed by atoms with Gasteiger partial charge in [0.1, 0.15) is 11.5 Å². The molecule has 10 nitrogen and oxygen atoms in total. The molecule has 2 unspecified atom stereocenters. The molecule has 2 aromatic heterocycles. The maximum absolute atomic E-state index is 16.4. The van der Waals surface area contributed by atoms with Gasteiger partial charge < -0.3 is 29.7 Å². The second kappa shape index (κ2) is 12.7. The first-order chi connectivity index (χ1) is 21.2. The summed E-state index contributed by atoms with van der Waals surface area (Å²) in [6.07, 6.45) is -1.94. The number of hydrogen-bond donors (Lipinski definition) is 2. The van der Waals surface area contributed by atoms with Crippen LogP contribution in [-0.2, 0) is 10.9 Å². The smallest absolute Gasteiger partial charge is 0.374 e. The number of likely N-dealkylation sites (N-methyl/N-ethyl adjacent to an activating group) is 1. The molecule has 3 aromatic rings. The lowest BCUT2D eigenvalue weighted by molar-refractivity contribution is -0.138. The number of H-pyrrole nitrogens is 1. The Morgan fingerprint density at radius 2 is 1.80 bits per heavy atom. The summed E-state index contributed by atoms with van der Waals surface area (Å²) in [5.41, 5.74) is -4.62. The van der Waals surface area contributed by atoms with Gasteiger partial charge in [-0.15, -0.1) is 0 Å². The van der Waals surface area contributed by atoms with Crippen LogP contribution in [0.1, 0.15) is 36.7 Å². The highest BCUT2D eigenvalue weighted by molar-refractivity contribution is 6.07. The van der Waals surface area contributed by atoms with Gasteiger partial charge in [0, 0.05) is 75.1 Å². The van der Waals surface area contributed by atoms with Gasteiger partial charge in [-0.3, -0.25) is 9.59 Å². The van der Waals surface area contributed by atoms with E-state index in [0.717, 1.165) is 6.07 Å². The van der Waals surface area contributed by atoms with E-state index in [1.807, 2.05) is 37.6 Å². The molecule has 2 atom stereocenters. The van der Waals surface area contributed by atoms with E-state index in [1.54, 1.807) is 4.90 Å². The Kier molecular flexibility index (Phi) is 9.12. The molecular weight excluding hydrogens is 601 g/mol. The molecule has 0 saturated carbocycles. The maximum Gasteiger partial charge on any atom is 0.417 e. The molecule has 2 aliphatic rings. The Hall–Kier alpha value is -4.11. The summed E-state index contributed by atoms with van der Waals surface area (Å²) in [5, 5.41) is 2.25. The second-order valence-electron chi connectivity index (χ2n) is 11.7. The number of nitrogens with one attached hydrogen (secondary N) is 2. The quantitative estimate of drug-likeness (QED) is 0.385. The van der Waals surface area contributed by atoms with Crippen molar-refractivity contribution in [2.45, 2.75) is 39.1 Å². The highest BCUT2D eigenvalue weighted by Gasteiger charge is 2.37. The fraction of sp³-hybridized carbons (Fsp3) is 0.467. The number of anilines is 3. The lowest BCUT2D eigenvalue weighted by Crippen LogP contribution is -2.50. The summed E-state index contributed by atoms with van der Waals surface area (Å²) in [6, 6.07) is 1.27. The maximum atomic E-state index is 16.4. The van der Waals surface area contributed by atoms with Crippen molar-refractivity contribution in [2.75, 3.05) is 61.5 Å². The minimum Gasteiger partial charge on any atom is -0.374 e. The molecule has 0 radical (unpaired) electrons. The first-order valence-electron chi connectivity index (χ1n) is 14.5. The van der Waals surface area contributed by atoms with Crippen molar-refractivity contribution < 1.29 is 31.5 Å². The molecule has 45 heavy (non-hydrogen) atoms. The lowest BCUT2D eigenvalue weighted by Gasteiger charge is -2.39. The molecule has 0 spiro atoms. The van der Waals surface area contributed by atoms with E-state index < -0.39 is 51.7 Å². The van der Waals surface area contributed by atoms with Gasteiger partial charge in [0.05, 0.1) is 35.1 Å². The van der Waals surface area contributed by atoms with Crippen LogP contribution in [-0.4, -0.2) is 84.3 Å². The van der Waals surface area contributed by atoms with E-state index in [9.17, 15) is 22.8 Å². The van der Waals surface area contributed by atoms with Gasteiger partial charge >= 0.3 is 6.18 Å². The number of rotatable bonds is 6. The number of aromatic nitrogens is 3. The number of halogens is 5. The van der Waals surface area contributed by atoms with E-state index in [0.29, 0.717) is 51.5 Å². The number of piperazine rings is 1. The van der Waals surface area contributed by atoms with Crippen molar-refractivity contribution in [3.8, 4) is 11.1 Å². The summed E-state index contributed by atoms with van der Waals surface area (Å²) in [4.78, 5) is 41.2. The predicted molar refractivity (Wildman–Crippen MR) is 158 cm³/mol. The van der Waals surface area contributed by atoms with Crippen molar-refractivity contribution in [3.05, 3.63) is 63.8 Å². The lowest BCUT2D eigenvalue weighted by atomic mass is 10.0. The highest BCUT2D eigenvalue weighted by atomic mass is 19.4. The van der Waals surface area contributed by atoms with Crippen LogP contribution in [0, 0.1) is 17.6 Å². The minimum absolute atomic E-state index is 0.0273. The Bertz CT molecular complexity index is 1610. The van der Waals surface area contributed by atoms with Crippen LogP contribution in [0.3, 0.4) is 0 Å². The topological polar surface area (TPSA) is 107 Å². The zero-order valence-electron chi connectivity index (χ0n) is 25.2. The number of amides is 1. The summed E-state index contributed by atoms with van der Waals surface area (Å²) in [5.74, 6) is -2.89. The average molecular weight is 636 g/mol. The normalized spacial score (nSPS) is 19.7. The van der Waals surface area contributed by atoms with Crippen LogP contribution < -0.4 is 20.7 Å². The number of carbonyl (C=O) groups excluding carboxylic acids is 1. The van der Waals surface area contributed by atoms with Crippen LogP contribution in [0.4, 0.5) is 39.3 Å². The Labute approximate surface area is 256 Å². The van der Waals surface area contributed by atoms with E-state index in [2.05, 4.69) is 20.3 Å². The standard InChI is InChI=1S/C30H34F5N7O3/c1-16(2)23-15-42(7-8-45-23)29-37-11-18(12-38-29)25-21(31)10-22(41-6-5-40(4)17(3)14-41)27(26(25)32)39-28(44)19-13-36-24(43)9-20(19)30(33,34)35/h9-13,16-17,23H,5-8,14-15H2,1-4H3,(H,36,43)(H,39,44). The van der Waals surface area contributed by atoms with Crippen molar-refractivity contribution in [2.24, 2.45) is 5.92 Å². The molecule has 4 heterocycles. The van der Waals surface area contributed by atoms with E-state index in [1.165, 1.54) is 12.4 Å². The predicted octanol–water partition coefficient (Wildman–Crippen LogP) is 4.38. The number of benzene rings is 1. The Morgan fingerprint density at radius 3 is 2.44 bits per heavy atom. The number of hydrogen-bond acceptors (Lipinski definition) is 8. The molecule has 2 N–H and O–H groups in total. The zero-order chi connectivity index (χ0) is 32.6. The van der Waals surface area contributed by atoms with Crippen molar-refractivity contribution in [3.63, 3.8) is 0 Å². The van der Waals surface area contributed by atoms with E-state index in [4.69, 9.17) is 4.74 Å². The third kappa shape index (κ3) is 6.78. The fourth-order valence-electron chi connectivity index (χ4n) is 5.46. The Balaban J connectivity index is 1.55. The molecule has 1 aromatic carbocycles. The molecule has 2 saturated heterocycles. The summed E-state index contributed by atoms with van der Waals surface area (Å²) < 4.78 is 79.2. The number of ether oxygens (including phenoxy) is 1. The van der Waals surface area contributed by atoms with Gasteiger partial charge in [-0.05, 0) is 19.9 Å². The summed E-state index contributed by atoms with van der Waals surface area (Å²) >= 11 is 0. The van der Waals surface area contributed by atoms with Crippen LogP contribution >= 0.6 is 0 Å². The number of nitrogens with zero attached hydrogens (tertiary/aromatic N) is 5. The number of morpholine rings is 1. The summed E-state index contributed by atoms with van der Waals surface area (Å²) in [7, 11) is 1.90. The van der Waals surface area contributed by atoms with Gasteiger partial charge in [0.15, 0.2) is 5.82 Å². The molecule has 242 valence electrons. The first kappa shape index (κ1) is 32.3. The van der Waals surface area contributed by atoms with Crippen molar-refractivity contribution in [1.82, 2.24) is 19.9 Å². The summed E-state index contributed by atoms with van der Waals surface area (Å²) in [6.45, 7) is 8.73. The highest BCUT2D eigenvalue weighted by Crippen LogP contribution is 2.39. The molecule has 1 amide bonds. The van der Waals surface area contributed by atoms with Gasteiger partial charge in [0.2, 0.25) is 11.5 Å². The van der Waals surface area contributed by atoms with Crippen LogP contribution in [0.2, 0.25) is 0 Å². The zero-order valence-corrected chi connectivity index (χ0v) is 25.2. The third-order valence-electron chi connectivity index (χ3n) is 8.26. The van der Waals surface area contributed by atoms with Gasteiger partial charge in [-0.2, -0.15) is 13.2 Å². The Morgan fingerprint density at radius 1 is 1.09 bits per heavy atom. The average Bonchev–Trinajstić information content (AvgIpc) is 2.99. The second-order valence-corrected chi connectivity index (χ2v) is 11.7. The molecule has 0 bridgehead atoms. The number of aromatic amines is 1. The number of carbonyl (C=O) groups is 1. The van der Waals surface area contributed by atoms with E-state index >= 15 is 8.78 Å². The SMILES string of the molecule is CC(C)C1CN(c2ncc(-c3c(F)cc(N4CCN(C)C(C)C4)c(NC(=O)c4c[nH]c(=O)cc4C(F)(F)F)c3F)cn2)CCO1. The first-order valence-corrected chi connectivity index (χ1v) is 14.5. The molecule has 2 fully saturated rings. The number of pyridine rings is 1. The molecule has 0 aliphatic carbocycles. The number of alkyl halides is 3. The van der Waals surface area contributed by atoms with Crippen LogP contribution in [0.15, 0.2) is 35.5 Å². The minimum atomic E-state index is -5.04. The van der Waals surface area contributed by atoms with Crippen molar-refractivity contribution in [1.29, 1.82) is 0 Å². The van der Waals surface area contributed by atoms with Gasteiger partial charge in [-0.25, -0.2) is 18.7 Å². The largest absolute Gasteiger partial charge is 0.417 e. The van der Waals surface area contributed by atoms with Gasteiger partial charge in [0.25, 0.3) is 5.91 Å². The fourth-order valence-corrected chi connectivity index (χ4v) is 5.46.